The summed E-state index contributed by atoms with van der Waals surface area (Å²) in [4.78, 5) is 0. The molecule has 0 saturated carbocycles. The van der Waals surface area contributed by atoms with Gasteiger partial charge in [-0.1, -0.05) is 18.2 Å². The second kappa shape index (κ2) is 8.68. The lowest BCUT2D eigenvalue weighted by Crippen LogP contribution is -2.09. The van der Waals surface area contributed by atoms with E-state index in [-0.39, 0.29) is 0 Å². The van der Waals surface area contributed by atoms with E-state index in [1.807, 2.05) is 51.5 Å². The predicted molar refractivity (Wildman–Crippen MR) is 86.3 cm³/mol. The molecule has 0 aliphatic heterocycles. The molecule has 5 nitrogen and oxygen atoms in total. The van der Waals surface area contributed by atoms with Gasteiger partial charge in [-0.25, -0.2) is 0 Å². The van der Waals surface area contributed by atoms with Crippen LogP contribution in [0.15, 0.2) is 30.3 Å². The zero-order chi connectivity index (χ0) is 15.0. The number of aromatic amines is 1. The average molecular weight is 312 g/mol. The third-order valence-electron chi connectivity index (χ3n) is 2.38. The molecule has 1 aromatic carbocycles. The Morgan fingerprint density at radius 1 is 1.20 bits per heavy atom. The molecule has 110 valence electrons. The number of H-pyrrole nitrogens is 1. The van der Waals surface area contributed by atoms with Crippen LogP contribution < -0.4 is 10.1 Å². The standard InChI is InChI=1S/C11H13N3OS2.C2H7N/c1-13-10(16)12-14(11(13)17)7-8-15-9-5-3-2-4-6-9;1-3-2/h2-6H,7-8H2,1H3,(H,12,16);3H,1-2H3. The SMILES string of the molecule is CNC.Cn1c(=S)[nH]n(CCOc2ccccc2)c1=S. The van der Waals surface area contributed by atoms with Crippen molar-refractivity contribution in [2.45, 2.75) is 6.54 Å². The maximum absolute atomic E-state index is 5.58. The molecule has 0 radical (unpaired) electrons. The highest BCUT2D eigenvalue weighted by Crippen LogP contribution is 2.08. The van der Waals surface area contributed by atoms with E-state index in [2.05, 4.69) is 10.4 Å². The van der Waals surface area contributed by atoms with Gasteiger partial charge in [0.25, 0.3) is 0 Å². The molecule has 20 heavy (non-hydrogen) atoms. The molecule has 2 aromatic rings. The summed E-state index contributed by atoms with van der Waals surface area (Å²) in [5.74, 6) is 0.855. The van der Waals surface area contributed by atoms with E-state index >= 15 is 0 Å². The summed E-state index contributed by atoms with van der Waals surface area (Å²) in [7, 11) is 5.59. The Balaban J connectivity index is 0.000000612. The molecule has 1 aromatic heterocycles. The zero-order valence-electron chi connectivity index (χ0n) is 11.9. The average Bonchev–Trinajstić information content (AvgIpc) is 2.69. The van der Waals surface area contributed by atoms with Gasteiger partial charge in [0.05, 0.1) is 6.54 Å². The fourth-order valence-corrected chi connectivity index (χ4v) is 1.91. The highest BCUT2D eigenvalue weighted by atomic mass is 32.1. The van der Waals surface area contributed by atoms with E-state index in [0.717, 1.165) is 5.75 Å². The van der Waals surface area contributed by atoms with Crippen LogP contribution in [0.5, 0.6) is 5.75 Å². The largest absolute Gasteiger partial charge is 0.492 e. The Bertz CT molecular complexity index is 615. The van der Waals surface area contributed by atoms with E-state index in [0.29, 0.717) is 22.7 Å². The quantitative estimate of drug-likeness (QED) is 0.852. The zero-order valence-corrected chi connectivity index (χ0v) is 13.6. The van der Waals surface area contributed by atoms with E-state index in [1.54, 1.807) is 9.25 Å². The number of rotatable bonds is 4. The van der Waals surface area contributed by atoms with Crippen molar-refractivity contribution in [3.63, 3.8) is 0 Å². The number of hydrogen-bond acceptors (Lipinski definition) is 4. The molecule has 0 amide bonds. The molecular formula is C13H20N4OS2. The van der Waals surface area contributed by atoms with Crippen LogP contribution >= 0.6 is 24.4 Å². The van der Waals surface area contributed by atoms with Crippen LogP contribution in [0.25, 0.3) is 0 Å². The number of ether oxygens (including phenoxy) is 1. The summed E-state index contributed by atoms with van der Waals surface area (Å²) < 4.78 is 10.4. The van der Waals surface area contributed by atoms with Crippen LogP contribution in [0.4, 0.5) is 0 Å². The van der Waals surface area contributed by atoms with Crippen molar-refractivity contribution < 1.29 is 4.74 Å². The van der Waals surface area contributed by atoms with Gasteiger partial charge in [0.15, 0.2) is 9.54 Å². The van der Waals surface area contributed by atoms with E-state index in [4.69, 9.17) is 29.2 Å². The van der Waals surface area contributed by atoms with Crippen molar-refractivity contribution in [2.24, 2.45) is 7.05 Å². The molecule has 1 heterocycles. The van der Waals surface area contributed by atoms with Gasteiger partial charge in [-0.15, -0.1) is 0 Å². The monoisotopic (exact) mass is 312 g/mol. The molecule has 2 N–H and O–H groups in total. The van der Waals surface area contributed by atoms with E-state index in [1.165, 1.54) is 0 Å². The number of para-hydroxylation sites is 1. The second-order valence-corrected chi connectivity index (χ2v) is 4.82. The van der Waals surface area contributed by atoms with Gasteiger partial charge in [-0.05, 0) is 50.7 Å². The molecule has 0 aliphatic rings. The number of aromatic nitrogens is 3. The van der Waals surface area contributed by atoms with Crippen LogP contribution in [0.3, 0.4) is 0 Å². The highest BCUT2D eigenvalue weighted by molar-refractivity contribution is 7.72. The molecule has 2 rings (SSSR count). The van der Waals surface area contributed by atoms with Crippen LogP contribution in [-0.4, -0.2) is 35.0 Å². The van der Waals surface area contributed by atoms with Crippen molar-refractivity contribution in [1.82, 2.24) is 19.7 Å². The first-order chi connectivity index (χ1) is 9.60. The van der Waals surface area contributed by atoms with Crippen molar-refractivity contribution in [2.75, 3.05) is 20.7 Å². The summed E-state index contributed by atoms with van der Waals surface area (Å²) in [5.41, 5.74) is 0. The van der Waals surface area contributed by atoms with Gasteiger partial charge in [-0.3, -0.25) is 14.3 Å². The fourth-order valence-electron chi connectivity index (χ4n) is 1.43. The Morgan fingerprint density at radius 2 is 1.80 bits per heavy atom. The van der Waals surface area contributed by atoms with E-state index in [9.17, 15) is 0 Å². The van der Waals surface area contributed by atoms with Crippen molar-refractivity contribution in [3.05, 3.63) is 39.9 Å². The number of hydrogen-bond donors (Lipinski definition) is 2. The summed E-state index contributed by atoms with van der Waals surface area (Å²) in [6, 6.07) is 9.68. The molecular weight excluding hydrogens is 292 g/mol. The van der Waals surface area contributed by atoms with E-state index < -0.39 is 0 Å². The van der Waals surface area contributed by atoms with Gasteiger partial charge < -0.3 is 10.1 Å². The predicted octanol–water partition coefficient (Wildman–Crippen LogP) is 2.53. The third-order valence-corrected chi connectivity index (χ3v) is 3.24. The lowest BCUT2D eigenvalue weighted by molar-refractivity contribution is 0.290. The van der Waals surface area contributed by atoms with Gasteiger partial charge >= 0.3 is 0 Å². The minimum Gasteiger partial charge on any atom is -0.492 e. The Hall–Kier alpha value is -1.44. The molecule has 7 heteroatoms. The summed E-state index contributed by atoms with van der Waals surface area (Å²) in [5, 5.41) is 5.76. The molecule has 0 bridgehead atoms. The number of nitrogens with zero attached hydrogens (tertiary/aromatic N) is 2. The Kier molecular flexibility index (Phi) is 7.21. The fraction of sp³-hybridized carbons (Fsp3) is 0.385. The Labute approximate surface area is 129 Å². The van der Waals surface area contributed by atoms with Crippen LogP contribution in [0.1, 0.15) is 0 Å². The molecule has 0 atom stereocenters. The lowest BCUT2D eigenvalue weighted by atomic mass is 10.3. The lowest BCUT2D eigenvalue weighted by Gasteiger charge is -2.05. The second-order valence-electron chi connectivity index (χ2n) is 4.07. The molecule has 0 aliphatic carbocycles. The number of nitrogens with one attached hydrogen (secondary N) is 2. The molecule has 0 spiro atoms. The first kappa shape index (κ1) is 16.6. The summed E-state index contributed by atoms with van der Waals surface area (Å²) >= 11 is 10.3. The van der Waals surface area contributed by atoms with Crippen LogP contribution in [-0.2, 0) is 13.6 Å². The minimum atomic E-state index is 0.549. The summed E-state index contributed by atoms with van der Waals surface area (Å²) in [6.45, 7) is 1.20. The normalized spacial score (nSPS) is 9.75. The first-order valence-corrected chi connectivity index (χ1v) is 7.04. The van der Waals surface area contributed by atoms with Gasteiger partial charge in [0.1, 0.15) is 12.4 Å². The van der Waals surface area contributed by atoms with Crippen molar-refractivity contribution >= 4 is 24.4 Å². The Morgan fingerprint density at radius 3 is 2.30 bits per heavy atom. The van der Waals surface area contributed by atoms with Crippen molar-refractivity contribution in [1.29, 1.82) is 0 Å². The van der Waals surface area contributed by atoms with Crippen molar-refractivity contribution in [3.8, 4) is 5.75 Å². The van der Waals surface area contributed by atoms with Crippen LogP contribution in [0.2, 0.25) is 0 Å². The third kappa shape index (κ3) is 4.92. The van der Waals surface area contributed by atoms with Gasteiger partial charge in [0, 0.05) is 7.05 Å². The first-order valence-electron chi connectivity index (χ1n) is 6.22. The topological polar surface area (TPSA) is 46.9 Å². The van der Waals surface area contributed by atoms with Gasteiger partial charge in [0.2, 0.25) is 0 Å². The van der Waals surface area contributed by atoms with Gasteiger partial charge in [-0.2, -0.15) is 0 Å². The summed E-state index contributed by atoms with van der Waals surface area (Å²) in [6.07, 6.45) is 0. The molecule has 0 fully saturated rings. The smallest absolute Gasteiger partial charge is 0.196 e. The molecule has 0 unspecified atom stereocenters. The number of benzene rings is 1. The maximum Gasteiger partial charge on any atom is 0.196 e. The highest BCUT2D eigenvalue weighted by Gasteiger charge is 1.99. The van der Waals surface area contributed by atoms with Crippen LogP contribution in [0, 0.1) is 9.54 Å². The molecule has 0 saturated heterocycles. The maximum atomic E-state index is 5.58. The minimum absolute atomic E-state index is 0.549.